The number of ether oxygens (including phenoxy) is 1. The standard InChI is InChI=1S/C27H25BrN2O3S/c1-4-7-19-14-22(27(32)33-5-2)26(34-19)30-25(31)21-15-24(17-9-6-8-16(3)12-17)29-23-11-10-18(28)13-20(21)23/h6,8-15H,4-5,7H2,1-3H3,(H,30,31). The van der Waals surface area contributed by atoms with Crippen molar-refractivity contribution >= 4 is 55.0 Å². The van der Waals surface area contributed by atoms with Crippen molar-refractivity contribution in [2.24, 2.45) is 0 Å². The number of benzene rings is 2. The first kappa shape index (κ1) is 24.1. The van der Waals surface area contributed by atoms with Crippen LogP contribution in [0, 0.1) is 6.92 Å². The molecule has 0 radical (unpaired) electrons. The van der Waals surface area contributed by atoms with Crippen molar-refractivity contribution in [3.8, 4) is 11.3 Å². The fourth-order valence-corrected chi connectivity index (χ4v) is 5.28. The van der Waals surface area contributed by atoms with Gasteiger partial charge in [-0.2, -0.15) is 0 Å². The first-order chi connectivity index (χ1) is 16.4. The Morgan fingerprint density at radius 2 is 1.88 bits per heavy atom. The number of anilines is 1. The number of carbonyl (C=O) groups is 2. The number of carbonyl (C=O) groups excluding carboxylic acids is 2. The lowest BCUT2D eigenvalue weighted by Gasteiger charge is -2.12. The van der Waals surface area contributed by atoms with Crippen LogP contribution in [0.5, 0.6) is 0 Å². The first-order valence-electron chi connectivity index (χ1n) is 11.2. The molecule has 0 aliphatic carbocycles. The second kappa shape index (κ2) is 10.5. The van der Waals surface area contributed by atoms with Crippen LogP contribution in [-0.2, 0) is 11.2 Å². The molecule has 34 heavy (non-hydrogen) atoms. The van der Waals surface area contributed by atoms with Crippen molar-refractivity contribution in [3.05, 3.63) is 80.6 Å². The number of fused-ring (bicyclic) bond motifs is 1. The molecule has 1 amide bonds. The molecule has 0 bridgehead atoms. The Morgan fingerprint density at radius 1 is 1.06 bits per heavy atom. The van der Waals surface area contributed by atoms with E-state index in [1.54, 1.807) is 6.92 Å². The summed E-state index contributed by atoms with van der Waals surface area (Å²) in [5, 5.41) is 4.21. The largest absolute Gasteiger partial charge is 0.462 e. The van der Waals surface area contributed by atoms with Gasteiger partial charge >= 0.3 is 5.97 Å². The first-order valence-corrected chi connectivity index (χ1v) is 12.8. The van der Waals surface area contributed by atoms with Gasteiger partial charge in [0.1, 0.15) is 5.00 Å². The quantitative estimate of drug-likeness (QED) is 0.249. The molecule has 2 heterocycles. The van der Waals surface area contributed by atoms with E-state index >= 15 is 0 Å². The van der Waals surface area contributed by atoms with Gasteiger partial charge in [0, 0.05) is 20.3 Å². The summed E-state index contributed by atoms with van der Waals surface area (Å²) >= 11 is 4.92. The molecule has 0 fully saturated rings. The Balaban J connectivity index is 1.79. The van der Waals surface area contributed by atoms with E-state index in [9.17, 15) is 9.59 Å². The highest BCUT2D eigenvalue weighted by Gasteiger charge is 2.21. The van der Waals surface area contributed by atoms with Gasteiger partial charge in [-0.3, -0.25) is 4.79 Å². The van der Waals surface area contributed by atoms with Gasteiger partial charge in [0.2, 0.25) is 0 Å². The van der Waals surface area contributed by atoms with Crippen LogP contribution in [0.1, 0.15) is 51.4 Å². The molecule has 0 unspecified atom stereocenters. The number of esters is 1. The molecule has 5 nitrogen and oxygen atoms in total. The van der Waals surface area contributed by atoms with Crippen LogP contribution in [0.15, 0.2) is 59.1 Å². The summed E-state index contributed by atoms with van der Waals surface area (Å²) in [6, 6.07) is 17.4. The minimum Gasteiger partial charge on any atom is -0.462 e. The second-order valence-electron chi connectivity index (χ2n) is 7.97. The molecule has 2 aromatic carbocycles. The van der Waals surface area contributed by atoms with Crippen molar-refractivity contribution in [1.29, 1.82) is 0 Å². The molecule has 2 aromatic heterocycles. The predicted molar refractivity (Wildman–Crippen MR) is 142 cm³/mol. The van der Waals surface area contributed by atoms with Crippen LogP contribution in [0.25, 0.3) is 22.2 Å². The fourth-order valence-electron chi connectivity index (χ4n) is 3.77. The Kier molecular flexibility index (Phi) is 7.44. The molecule has 174 valence electrons. The average Bonchev–Trinajstić information content (AvgIpc) is 3.21. The average molecular weight is 537 g/mol. The number of nitrogens with one attached hydrogen (secondary N) is 1. The van der Waals surface area contributed by atoms with Crippen LogP contribution < -0.4 is 5.32 Å². The lowest BCUT2D eigenvalue weighted by atomic mass is 10.0. The van der Waals surface area contributed by atoms with Gasteiger partial charge in [0.05, 0.1) is 28.9 Å². The number of nitrogens with zero attached hydrogens (tertiary/aromatic N) is 1. The van der Waals surface area contributed by atoms with Gasteiger partial charge in [-0.25, -0.2) is 9.78 Å². The van der Waals surface area contributed by atoms with Gasteiger partial charge in [-0.1, -0.05) is 53.0 Å². The summed E-state index contributed by atoms with van der Waals surface area (Å²) in [7, 11) is 0. The monoisotopic (exact) mass is 536 g/mol. The molecule has 0 atom stereocenters. The van der Waals surface area contributed by atoms with E-state index in [1.807, 2.05) is 61.5 Å². The van der Waals surface area contributed by atoms with E-state index in [2.05, 4.69) is 28.2 Å². The maximum Gasteiger partial charge on any atom is 0.341 e. The number of aromatic nitrogens is 1. The molecular formula is C27H25BrN2O3S. The summed E-state index contributed by atoms with van der Waals surface area (Å²) < 4.78 is 6.08. The molecule has 4 rings (SSSR count). The van der Waals surface area contributed by atoms with Crippen molar-refractivity contribution in [2.75, 3.05) is 11.9 Å². The molecule has 0 aliphatic rings. The number of pyridine rings is 1. The van der Waals surface area contributed by atoms with Gasteiger partial charge in [-0.15, -0.1) is 11.3 Å². The SMILES string of the molecule is CCCc1cc(C(=O)OCC)c(NC(=O)c2cc(-c3cccc(C)c3)nc3ccc(Br)cc23)s1. The van der Waals surface area contributed by atoms with E-state index in [1.165, 1.54) is 11.3 Å². The van der Waals surface area contributed by atoms with E-state index in [0.717, 1.165) is 44.2 Å². The smallest absolute Gasteiger partial charge is 0.341 e. The van der Waals surface area contributed by atoms with Crippen LogP contribution in [-0.4, -0.2) is 23.5 Å². The molecule has 0 saturated carbocycles. The highest BCUT2D eigenvalue weighted by molar-refractivity contribution is 9.10. The lowest BCUT2D eigenvalue weighted by Crippen LogP contribution is -2.15. The van der Waals surface area contributed by atoms with Crippen LogP contribution in [0.3, 0.4) is 0 Å². The van der Waals surface area contributed by atoms with Crippen LogP contribution in [0.4, 0.5) is 5.00 Å². The Morgan fingerprint density at radius 3 is 2.62 bits per heavy atom. The maximum atomic E-state index is 13.6. The van der Waals surface area contributed by atoms with E-state index in [4.69, 9.17) is 9.72 Å². The second-order valence-corrected chi connectivity index (χ2v) is 10.0. The van der Waals surface area contributed by atoms with E-state index in [0.29, 0.717) is 21.8 Å². The topological polar surface area (TPSA) is 68.3 Å². The van der Waals surface area contributed by atoms with Crippen molar-refractivity contribution in [1.82, 2.24) is 4.98 Å². The predicted octanol–water partition coefficient (Wildman–Crippen LogP) is 7.42. The number of hydrogen-bond donors (Lipinski definition) is 1. The third-order valence-electron chi connectivity index (χ3n) is 5.33. The molecule has 0 saturated heterocycles. The summed E-state index contributed by atoms with van der Waals surface area (Å²) in [6.07, 6.45) is 1.77. The third kappa shape index (κ3) is 5.21. The van der Waals surface area contributed by atoms with Crippen molar-refractivity contribution in [3.63, 3.8) is 0 Å². The molecule has 1 N–H and O–H groups in total. The highest BCUT2D eigenvalue weighted by atomic mass is 79.9. The lowest BCUT2D eigenvalue weighted by molar-refractivity contribution is 0.0528. The fraction of sp³-hybridized carbons (Fsp3) is 0.222. The summed E-state index contributed by atoms with van der Waals surface area (Å²) in [5.41, 5.74) is 4.36. The Hall–Kier alpha value is -3.03. The molecule has 0 spiro atoms. The summed E-state index contributed by atoms with van der Waals surface area (Å²) in [4.78, 5) is 32.0. The van der Waals surface area contributed by atoms with Crippen LogP contribution in [0.2, 0.25) is 0 Å². The zero-order valence-electron chi connectivity index (χ0n) is 19.3. The zero-order valence-corrected chi connectivity index (χ0v) is 21.7. The van der Waals surface area contributed by atoms with Gasteiger partial charge in [0.25, 0.3) is 5.91 Å². The maximum absolute atomic E-state index is 13.6. The number of amides is 1. The summed E-state index contributed by atoms with van der Waals surface area (Å²) in [5.74, 6) is -0.728. The summed E-state index contributed by atoms with van der Waals surface area (Å²) in [6.45, 7) is 6.14. The van der Waals surface area contributed by atoms with E-state index in [-0.39, 0.29) is 12.5 Å². The third-order valence-corrected chi connectivity index (χ3v) is 6.93. The van der Waals surface area contributed by atoms with Crippen molar-refractivity contribution in [2.45, 2.75) is 33.6 Å². The minimum atomic E-state index is -0.431. The van der Waals surface area contributed by atoms with E-state index < -0.39 is 5.97 Å². The van der Waals surface area contributed by atoms with Crippen LogP contribution >= 0.6 is 27.3 Å². The van der Waals surface area contributed by atoms with Gasteiger partial charge in [-0.05, 0) is 56.7 Å². The molecule has 7 heteroatoms. The van der Waals surface area contributed by atoms with Gasteiger partial charge < -0.3 is 10.1 Å². The number of hydrogen-bond acceptors (Lipinski definition) is 5. The number of thiophene rings is 1. The van der Waals surface area contributed by atoms with Gasteiger partial charge in [0.15, 0.2) is 0 Å². The van der Waals surface area contributed by atoms with Crippen molar-refractivity contribution < 1.29 is 14.3 Å². The highest BCUT2D eigenvalue weighted by Crippen LogP contribution is 2.32. The number of halogens is 1. The Labute approximate surface area is 211 Å². The molecule has 0 aliphatic heterocycles. The molecule has 4 aromatic rings. The minimum absolute atomic E-state index is 0.272. The number of rotatable bonds is 7. The number of aryl methyl sites for hydroxylation is 2. The Bertz CT molecular complexity index is 1380. The molecular weight excluding hydrogens is 512 g/mol. The zero-order chi connectivity index (χ0) is 24.2. The normalized spacial score (nSPS) is 10.9.